The number of allylic oxidation sites excluding steroid dienone is 4. The minimum Gasteiger partial charge on any atom is -0.371 e. The molecule has 1 saturated carbocycles. The van der Waals surface area contributed by atoms with E-state index in [1.807, 2.05) is 6.07 Å². The van der Waals surface area contributed by atoms with E-state index in [0.717, 1.165) is 74.5 Å². The molecule has 1 unspecified atom stereocenters. The van der Waals surface area contributed by atoms with Crippen LogP contribution in [0.4, 0.5) is 5.69 Å². The quantitative estimate of drug-likeness (QED) is 0.689. The van der Waals surface area contributed by atoms with Crippen molar-refractivity contribution in [2.75, 3.05) is 18.0 Å². The minimum absolute atomic E-state index is 0.0450. The van der Waals surface area contributed by atoms with Crippen LogP contribution in [0.3, 0.4) is 0 Å². The lowest BCUT2D eigenvalue weighted by atomic mass is 9.84. The number of anilines is 1. The molecular formula is C26H32ClN5O. The number of nitrogens with zero attached hydrogens (tertiary/aromatic N) is 4. The van der Waals surface area contributed by atoms with Crippen LogP contribution in [0.2, 0.25) is 5.02 Å². The lowest BCUT2D eigenvalue weighted by Crippen LogP contribution is -2.44. The topological polar surface area (TPSA) is 63.1 Å². The number of benzene rings is 1. The number of piperidine rings is 1. The Morgan fingerprint density at radius 1 is 1.15 bits per heavy atom. The maximum atomic E-state index is 11.3. The second-order valence-corrected chi connectivity index (χ2v) is 10.1. The van der Waals surface area contributed by atoms with E-state index in [1.54, 1.807) is 6.92 Å². The third-order valence-corrected chi connectivity index (χ3v) is 7.83. The Hall–Kier alpha value is -2.60. The van der Waals surface area contributed by atoms with Crippen LogP contribution in [-0.2, 0) is 17.3 Å². The van der Waals surface area contributed by atoms with Gasteiger partial charge in [0.05, 0.1) is 5.02 Å². The SMILES string of the molecule is CC(=O)NC1CCN(c2ccc(-c3nnc(C4(C5C=CC=CCC5)CC4)n3C)c(Cl)c2)CC1. The highest BCUT2D eigenvalue weighted by molar-refractivity contribution is 6.33. The molecule has 1 aromatic carbocycles. The van der Waals surface area contributed by atoms with Crippen molar-refractivity contribution in [3.63, 3.8) is 0 Å². The fourth-order valence-electron chi connectivity index (χ4n) is 5.55. The number of hydrogen-bond acceptors (Lipinski definition) is 4. The molecule has 3 aliphatic rings. The minimum atomic E-state index is 0.0450. The third-order valence-electron chi connectivity index (χ3n) is 7.51. The normalized spacial score (nSPS) is 22.3. The molecular weight excluding hydrogens is 434 g/mol. The predicted molar refractivity (Wildman–Crippen MR) is 132 cm³/mol. The van der Waals surface area contributed by atoms with Gasteiger partial charge in [-0.25, -0.2) is 0 Å². The summed E-state index contributed by atoms with van der Waals surface area (Å²) >= 11 is 6.78. The van der Waals surface area contributed by atoms with Gasteiger partial charge in [-0.1, -0.05) is 35.9 Å². The zero-order valence-electron chi connectivity index (χ0n) is 19.4. The van der Waals surface area contributed by atoms with E-state index in [9.17, 15) is 4.79 Å². The third kappa shape index (κ3) is 4.33. The fourth-order valence-corrected chi connectivity index (χ4v) is 5.81. The Morgan fingerprint density at radius 2 is 1.94 bits per heavy atom. The van der Waals surface area contributed by atoms with E-state index >= 15 is 0 Å². The molecule has 1 aromatic heterocycles. The fraction of sp³-hybridized carbons (Fsp3) is 0.500. The van der Waals surface area contributed by atoms with E-state index in [4.69, 9.17) is 11.6 Å². The molecule has 33 heavy (non-hydrogen) atoms. The lowest BCUT2D eigenvalue weighted by molar-refractivity contribution is -0.119. The molecule has 0 spiro atoms. The summed E-state index contributed by atoms with van der Waals surface area (Å²) in [4.78, 5) is 13.7. The molecule has 2 aromatic rings. The number of halogens is 1. The molecule has 1 saturated heterocycles. The summed E-state index contributed by atoms with van der Waals surface area (Å²) in [5.41, 5.74) is 2.14. The van der Waals surface area contributed by atoms with Crippen molar-refractivity contribution in [1.29, 1.82) is 0 Å². The molecule has 1 N–H and O–H groups in total. The number of rotatable bonds is 5. The first-order valence-corrected chi connectivity index (χ1v) is 12.4. The van der Waals surface area contributed by atoms with Crippen LogP contribution in [-0.4, -0.2) is 39.8 Å². The Morgan fingerprint density at radius 3 is 2.64 bits per heavy atom. The predicted octanol–water partition coefficient (Wildman–Crippen LogP) is 4.79. The summed E-state index contributed by atoms with van der Waals surface area (Å²) in [6, 6.07) is 6.50. The van der Waals surface area contributed by atoms with Crippen molar-refractivity contribution < 1.29 is 4.79 Å². The van der Waals surface area contributed by atoms with Gasteiger partial charge in [-0.2, -0.15) is 0 Å². The van der Waals surface area contributed by atoms with Crippen molar-refractivity contribution >= 4 is 23.2 Å². The summed E-state index contributed by atoms with van der Waals surface area (Å²) < 4.78 is 2.15. The number of nitrogens with one attached hydrogen (secondary N) is 1. The first-order chi connectivity index (χ1) is 16.0. The molecule has 0 bridgehead atoms. The molecule has 1 atom stereocenters. The van der Waals surface area contributed by atoms with Crippen LogP contribution in [0.1, 0.15) is 51.3 Å². The standard InChI is InChI=1S/C26H32ClN5O/c1-18(33)28-20-11-15-32(16-12-20)21-9-10-22(23(27)17-21)24-29-30-25(31(24)2)26(13-14-26)19-7-5-3-4-6-8-19/h3-5,7,9-10,17,19-20H,6,8,11-16H2,1-2H3,(H,28,33). The van der Waals surface area contributed by atoms with Gasteiger partial charge in [0.2, 0.25) is 5.91 Å². The molecule has 0 radical (unpaired) electrons. The first-order valence-electron chi connectivity index (χ1n) is 12.0. The molecule has 6 nitrogen and oxygen atoms in total. The van der Waals surface area contributed by atoms with Gasteiger partial charge in [0.15, 0.2) is 5.82 Å². The van der Waals surface area contributed by atoms with E-state index in [2.05, 4.69) is 68.5 Å². The average molecular weight is 466 g/mol. The van der Waals surface area contributed by atoms with Gasteiger partial charge in [-0.3, -0.25) is 4.79 Å². The molecule has 2 aliphatic carbocycles. The van der Waals surface area contributed by atoms with E-state index in [1.165, 1.54) is 0 Å². The van der Waals surface area contributed by atoms with Gasteiger partial charge < -0.3 is 14.8 Å². The monoisotopic (exact) mass is 465 g/mol. The number of carbonyl (C=O) groups excluding carboxylic acids is 1. The van der Waals surface area contributed by atoms with Crippen molar-refractivity contribution in [3.05, 3.63) is 53.4 Å². The maximum absolute atomic E-state index is 11.3. The van der Waals surface area contributed by atoms with Crippen LogP contribution in [0.25, 0.3) is 11.4 Å². The molecule has 5 rings (SSSR count). The summed E-state index contributed by atoms with van der Waals surface area (Å²) in [5.74, 6) is 2.45. The summed E-state index contributed by atoms with van der Waals surface area (Å²) in [7, 11) is 2.07. The second-order valence-electron chi connectivity index (χ2n) is 9.69. The van der Waals surface area contributed by atoms with Gasteiger partial charge in [0.1, 0.15) is 5.82 Å². The van der Waals surface area contributed by atoms with Crippen LogP contribution in [0, 0.1) is 5.92 Å². The van der Waals surface area contributed by atoms with Gasteiger partial charge >= 0.3 is 0 Å². The molecule has 7 heteroatoms. The zero-order chi connectivity index (χ0) is 23.0. The zero-order valence-corrected chi connectivity index (χ0v) is 20.2. The van der Waals surface area contributed by atoms with E-state index in [-0.39, 0.29) is 17.4 Å². The van der Waals surface area contributed by atoms with E-state index in [0.29, 0.717) is 10.9 Å². The van der Waals surface area contributed by atoms with Crippen LogP contribution in [0.15, 0.2) is 42.5 Å². The molecule has 2 fully saturated rings. The number of amides is 1. The highest BCUT2D eigenvalue weighted by Crippen LogP contribution is 2.55. The van der Waals surface area contributed by atoms with E-state index < -0.39 is 0 Å². The average Bonchev–Trinajstić information content (AvgIpc) is 3.56. The lowest BCUT2D eigenvalue weighted by Gasteiger charge is -2.34. The Kier molecular flexibility index (Phi) is 6.04. The number of carbonyl (C=O) groups is 1. The van der Waals surface area contributed by atoms with Gasteiger partial charge in [-0.15, -0.1) is 10.2 Å². The molecule has 1 amide bonds. The Balaban J connectivity index is 1.34. The van der Waals surface area contributed by atoms with Crippen LogP contribution >= 0.6 is 11.6 Å². The van der Waals surface area contributed by atoms with Crippen LogP contribution in [0.5, 0.6) is 0 Å². The Bertz CT molecular complexity index is 1090. The van der Waals surface area contributed by atoms with Crippen molar-refractivity contribution in [1.82, 2.24) is 20.1 Å². The van der Waals surface area contributed by atoms with Gasteiger partial charge in [0.25, 0.3) is 0 Å². The smallest absolute Gasteiger partial charge is 0.217 e. The van der Waals surface area contributed by atoms with Crippen LogP contribution < -0.4 is 10.2 Å². The van der Waals surface area contributed by atoms with Crippen molar-refractivity contribution in [2.45, 2.75) is 56.9 Å². The van der Waals surface area contributed by atoms with Crippen molar-refractivity contribution in [2.24, 2.45) is 13.0 Å². The molecule has 174 valence electrons. The highest BCUT2D eigenvalue weighted by atomic mass is 35.5. The number of aromatic nitrogens is 3. The number of hydrogen-bond donors (Lipinski definition) is 1. The summed E-state index contributed by atoms with van der Waals surface area (Å²) in [5, 5.41) is 13.0. The maximum Gasteiger partial charge on any atom is 0.217 e. The highest BCUT2D eigenvalue weighted by Gasteiger charge is 2.53. The van der Waals surface area contributed by atoms with Gasteiger partial charge in [0, 0.05) is 49.8 Å². The van der Waals surface area contributed by atoms with Crippen molar-refractivity contribution in [3.8, 4) is 11.4 Å². The first kappa shape index (κ1) is 22.2. The molecule has 1 aliphatic heterocycles. The van der Waals surface area contributed by atoms with Gasteiger partial charge in [-0.05, 0) is 62.6 Å². The summed E-state index contributed by atoms with van der Waals surface area (Å²) in [6.07, 6.45) is 15.4. The second kappa shape index (κ2) is 8.98. The molecule has 2 heterocycles. The largest absolute Gasteiger partial charge is 0.371 e. The Labute approximate surface area is 200 Å². The summed E-state index contributed by atoms with van der Waals surface area (Å²) in [6.45, 7) is 3.39.